The summed E-state index contributed by atoms with van der Waals surface area (Å²) in [6.07, 6.45) is 0. The smallest absolute Gasteiger partial charge is 0.350 e. The highest BCUT2D eigenvalue weighted by atomic mass is 79.9. The van der Waals surface area contributed by atoms with Crippen molar-refractivity contribution in [1.29, 1.82) is 0 Å². The summed E-state index contributed by atoms with van der Waals surface area (Å²) in [5.74, 6) is -2.06. The summed E-state index contributed by atoms with van der Waals surface area (Å²) < 4.78 is 11.4. The van der Waals surface area contributed by atoms with Crippen LogP contribution in [0.15, 0.2) is 88.9 Å². The molecule has 0 bridgehead atoms. The lowest BCUT2D eigenvalue weighted by atomic mass is 9.95. The summed E-state index contributed by atoms with van der Waals surface area (Å²) in [7, 11) is 1.26. The standard InChI is InChI=1S/C30H23BrN2O6S/c1-17-27(29(37)38-2)40-30(32-17)33-24(20-9-6-10-21(31)15-20)23(26(35)28(33)36)25(34)19-11-13-22(14-12-19)39-16-18-7-4-3-5-8-18/h3-15,24,34H,16H2,1-2H3/b25-23+. The van der Waals surface area contributed by atoms with E-state index in [-0.39, 0.29) is 21.3 Å². The van der Waals surface area contributed by atoms with E-state index in [1.165, 1.54) is 12.0 Å². The van der Waals surface area contributed by atoms with Gasteiger partial charge in [-0.3, -0.25) is 14.5 Å². The lowest BCUT2D eigenvalue weighted by Gasteiger charge is -2.23. The number of aryl methyl sites for hydroxylation is 1. The fourth-order valence-electron chi connectivity index (χ4n) is 4.39. The Kier molecular flexibility index (Phi) is 7.81. The van der Waals surface area contributed by atoms with Gasteiger partial charge >= 0.3 is 11.9 Å². The molecule has 1 aliphatic heterocycles. The number of esters is 1. The molecule has 1 atom stereocenters. The van der Waals surface area contributed by atoms with Crippen LogP contribution in [0.4, 0.5) is 5.13 Å². The zero-order chi connectivity index (χ0) is 28.4. The highest BCUT2D eigenvalue weighted by molar-refractivity contribution is 9.10. The van der Waals surface area contributed by atoms with Crippen molar-refractivity contribution in [3.05, 3.63) is 116 Å². The maximum Gasteiger partial charge on any atom is 0.350 e. The van der Waals surface area contributed by atoms with E-state index >= 15 is 0 Å². The molecule has 0 radical (unpaired) electrons. The first-order valence-electron chi connectivity index (χ1n) is 12.2. The summed E-state index contributed by atoms with van der Waals surface area (Å²) in [6.45, 7) is 2.00. The summed E-state index contributed by atoms with van der Waals surface area (Å²) in [4.78, 5) is 44.9. The molecule has 1 fully saturated rings. The van der Waals surface area contributed by atoms with E-state index in [1.807, 2.05) is 36.4 Å². The van der Waals surface area contributed by atoms with Crippen LogP contribution in [0.1, 0.15) is 38.1 Å². The number of rotatable bonds is 7. The number of hydrogen-bond donors (Lipinski definition) is 1. The number of ether oxygens (including phenoxy) is 2. The number of amides is 1. The summed E-state index contributed by atoms with van der Waals surface area (Å²) in [5.41, 5.74) is 2.21. The minimum absolute atomic E-state index is 0.0893. The molecule has 5 rings (SSSR count). The lowest BCUT2D eigenvalue weighted by Crippen LogP contribution is -2.29. The average Bonchev–Trinajstić information content (AvgIpc) is 3.48. The van der Waals surface area contributed by atoms with Crippen LogP contribution in [0.3, 0.4) is 0 Å². The van der Waals surface area contributed by atoms with E-state index < -0.39 is 23.7 Å². The number of hydrogen-bond acceptors (Lipinski definition) is 8. The summed E-state index contributed by atoms with van der Waals surface area (Å²) in [6, 6.07) is 22.5. The molecule has 1 aromatic heterocycles. The van der Waals surface area contributed by atoms with Crippen molar-refractivity contribution >= 4 is 55.8 Å². The van der Waals surface area contributed by atoms with Gasteiger partial charge in [0, 0.05) is 10.0 Å². The zero-order valence-electron chi connectivity index (χ0n) is 21.5. The van der Waals surface area contributed by atoms with Crippen LogP contribution in [0.2, 0.25) is 0 Å². The van der Waals surface area contributed by atoms with Gasteiger partial charge in [-0.15, -0.1) is 0 Å². The topological polar surface area (TPSA) is 106 Å². The number of carbonyl (C=O) groups is 3. The molecule has 4 aromatic rings. The predicted octanol–water partition coefficient (Wildman–Crippen LogP) is 6.21. The Labute approximate surface area is 242 Å². The first-order valence-corrected chi connectivity index (χ1v) is 13.8. The number of aliphatic hydroxyl groups is 1. The number of thiazole rings is 1. The quantitative estimate of drug-likeness (QED) is 0.114. The molecule has 40 heavy (non-hydrogen) atoms. The highest BCUT2D eigenvalue weighted by Crippen LogP contribution is 2.44. The van der Waals surface area contributed by atoms with E-state index in [0.717, 1.165) is 21.4 Å². The number of ketones is 1. The van der Waals surface area contributed by atoms with Gasteiger partial charge in [0.2, 0.25) is 0 Å². The van der Waals surface area contributed by atoms with E-state index in [1.54, 1.807) is 49.4 Å². The Morgan fingerprint density at radius 3 is 2.45 bits per heavy atom. The van der Waals surface area contributed by atoms with Crippen molar-refractivity contribution in [1.82, 2.24) is 4.98 Å². The molecule has 1 aliphatic rings. The number of halogens is 1. The molecule has 0 aliphatic carbocycles. The van der Waals surface area contributed by atoms with E-state index in [4.69, 9.17) is 9.47 Å². The van der Waals surface area contributed by atoms with Crippen molar-refractivity contribution < 1.29 is 29.0 Å². The maximum absolute atomic E-state index is 13.4. The van der Waals surface area contributed by atoms with Crippen molar-refractivity contribution in [2.75, 3.05) is 12.0 Å². The fourth-order valence-corrected chi connectivity index (χ4v) is 5.82. The maximum atomic E-state index is 13.4. The largest absolute Gasteiger partial charge is 0.507 e. The molecular weight excluding hydrogens is 596 g/mol. The highest BCUT2D eigenvalue weighted by Gasteiger charge is 2.48. The van der Waals surface area contributed by atoms with Crippen molar-refractivity contribution in [2.45, 2.75) is 19.6 Å². The van der Waals surface area contributed by atoms with Crippen LogP contribution in [0, 0.1) is 6.92 Å². The number of Topliss-reactive ketones (excluding diaryl/α,β-unsaturated/α-hetero) is 1. The Morgan fingerprint density at radius 1 is 1.05 bits per heavy atom. The zero-order valence-corrected chi connectivity index (χ0v) is 23.9. The van der Waals surface area contributed by atoms with Gasteiger partial charge in [0.15, 0.2) is 5.13 Å². The van der Waals surface area contributed by atoms with Crippen LogP contribution in [0.5, 0.6) is 5.75 Å². The Morgan fingerprint density at radius 2 is 1.77 bits per heavy atom. The molecule has 202 valence electrons. The Bertz CT molecular complexity index is 1630. The third-order valence-electron chi connectivity index (χ3n) is 6.35. The van der Waals surface area contributed by atoms with Crippen LogP contribution in [-0.2, 0) is 20.9 Å². The Hall–Kier alpha value is -4.28. The monoisotopic (exact) mass is 618 g/mol. The van der Waals surface area contributed by atoms with Crippen LogP contribution in [-0.4, -0.2) is 34.9 Å². The second-order valence-corrected chi connectivity index (χ2v) is 10.8. The minimum atomic E-state index is -0.984. The number of aromatic nitrogens is 1. The van der Waals surface area contributed by atoms with Crippen molar-refractivity contribution in [2.24, 2.45) is 0 Å². The number of benzene rings is 3. The fraction of sp³-hybridized carbons (Fsp3) is 0.133. The first kappa shape index (κ1) is 27.3. The Balaban J connectivity index is 1.55. The van der Waals surface area contributed by atoms with E-state index in [2.05, 4.69) is 20.9 Å². The van der Waals surface area contributed by atoms with Gasteiger partial charge in [-0.2, -0.15) is 0 Å². The van der Waals surface area contributed by atoms with E-state index in [0.29, 0.717) is 29.2 Å². The molecule has 2 heterocycles. The summed E-state index contributed by atoms with van der Waals surface area (Å²) >= 11 is 4.39. The van der Waals surface area contributed by atoms with Gasteiger partial charge in [0.1, 0.15) is 23.0 Å². The molecule has 1 N–H and O–H groups in total. The van der Waals surface area contributed by atoms with Crippen LogP contribution in [0.25, 0.3) is 5.76 Å². The number of anilines is 1. The van der Waals surface area contributed by atoms with Gasteiger partial charge in [0.05, 0.1) is 24.4 Å². The van der Waals surface area contributed by atoms with Crippen molar-refractivity contribution in [3.8, 4) is 5.75 Å². The average molecular weight is 619 g/mol. The second kappa shape index (κ2) is 11.4. The van der Waals surface area contributed by atoms with Gasteiger partial charge in [-0.05, 0) is 54.4 Å². The molecule has 1 unspecified atom stereocenters. The van der Waals surface area contributed by atoms with E-state index in [9.17, 15) is 19.5 Å². The normalized spacial score (nSPS) is 16.3. The lowest BCUT2D eigenvalue weighted by molar-refractivity contribution is -0.132. The minimum Gasteiger partial charge on any atom is -0.507 e. The van der Waals surface area contributed by atoms with Gasteiger partial charge in [-0.25, -0.2) is 9.78 Å². The molecule has 8 nitrogen and oxygen atoms in total. The molecular formula is C30H23BrN2O6S. The molecule has 1 amide bonds. The predicted molar refractivity (Wildman–Crippen MR) is 154 cm³/mol. The van der Waals surface area contributed by atoms with Gasteiger partial charge in [0.25, 0.3) is 5.78 Å². The molecule has 10 heteroatoms. The molecule has 0 saturated carbocycles. The number of aliphatic hydroxyl groups excluding tert-OH is 1. The molecule has 1 saturated heterocycles. The van der Waals surface area contributed by atoms with Crippen LogP contribution >= 0.6 is 27.3 Å². The number of carbonyl (C=O) groups excluding carboxylic acids is 3. The third kappa shape index (κ3) is 5.28. The molecule has 0 spiro atoms. The SMILES string of the molecule is COC(=O)c1sc(N2C(=O)C(=O)/C(=C(/O)c3ccc(OCc4ccccc4)cc3)C2c2cccc(Br)c2)nc1C. The first-order chi connectivity index (χ1) is 19.3. The van der Waals surface area contributed by atoms with Gasteiger partial charge < -0.3 is 14.6 Å². The summed E-state index contributed by atoms with van der Waals surface area (Å²) in [5, 5.41) is 11.5. The second-order valence-electron chi connectivity index (χ2n) is 8.93. The number of nitrogens with zero attached hydrogens (tertiary/aromatic N) is 2. The molecule has 3 aromatic carbocycles. The van der Waals surface area contributed by atoms with Crippen LogP contribution < -0.4 is 9.64 Å². The third-order valence-corrected chi connectivity index (χ3v) is 7.98. The van der Waals surface area contributed by atoms with Gasteiger partial charge in [-0.1, -0.05) is 69.7 Å². The van der Waals surface area contributed by atoms with Crippen molar-refractivity contribution in [3.63, 3.8) is 0 Å². The number of methoxy groups -OCH3 is 1.